The Morgan fingerprint density at radius 3 is 2.28 bits per heavy atom. The van der Waals surface area contributed by atoms with Crippen LogP contribution < -0.4 is 4.90 Å². The Morgan fingerprint density at radius 1 is 1.00 bits per heavy atom. The van der Waals surface area contributed by atoms with Crippen LogP contribution in [-0.2, 0) is 12.0 Å². The molecule has 29 heavy (non-hydrogen) atoms. The SMILES string of the molecule is CCN(CCc1ccc(N2CCC(O)(c3ccccc3)CC2)cc1)CC1CCC1. The van der Waals surface area contributed by atoms with Gasteiger partial charge in [0.1, 0.15) is 0 Å². The van der Waals surface area contributed by atoms with Crippen LogP contribution in [0.15, 0.2) is 54.6 Å². The Bertz CT molecular complexity index is 746. The molecule has 2 aromatic carbocycles. The Kier molecular flexibility index (Phi) is 6.56. The third-order valence-corrected chi connectivity index (χ3v) is 7.11. The standard InChI is InChI=1S/C26H36N2O/c1-2-27(21-23-7-6-8-23)18-15-22-11-13-25(14-12-22)28-19-16-26(29,17-20-28)24-9-4-3-5-10-24/h3-5,9-14,23,29H,2,6-8,15-21H2,1H3. The van der Waals surface area contributed by atoms with E-state index < -0.39 is 5.60 Å². The van der Waals surface area contributed by atoms with E-state index in [1.807, 2.05) is 18.2 Å². The van der Waals surface area contributed by atoms with Crippen molar-refractivity contribution < 1.29 is 5.11 Å². The molecule has 2 aromatic rings. The van der Waals surface area contributed by atoms with Gasteiger partial charge in [-0.1, -0.05) is 55.8 Å². The fourth-order valence-electron chi connectivity index (χ4n) is 4.75. The minimum Gasteiger partial charge on any atom is -0.385 e. The van der Waals surface area contributed by atoms with Gasteiger partial charge in [-0.2, -0.15) is 0 Å². The van der Waals surface area contributed by atoms with Crippen molar-refractivity contribution in [3.05, 3.63) is 65.7 Å². The molecule has 0 aromatic heterocycles. The zero-order valence-corrected chi connectivity index (χ0v) is 17.9. The zero-order valence-electron chi connectivity index (χ0n) is 17.9. The topological polar surface area (TPSA) is 26.7 Å². The molecule has 1 saturated carbocycles. The van der Waals surface area contributed by atoms with E-state index in [0.29, 0.717) is 0 Å². The highest BCUT2D eigenvalue weighted by Gasteiger charge is 2.33. The van der Waals surface area contributed by atoms with E-state index in [-0.39, 0.29) is 0 Å². The molecule has 3 heteroatoms. The molecule has 0 unspecified atom stereocenters. The molecule has 1 N–H and O–H groups in total. The summed E-state index contributed by atoms with van der Waals surface area (Å²) in [5, 5.41) is 11.0. The average molecular weight is 393 g/mol. The van der Waals surface area contributed by atoms with Gasteiger partial charge in [0, 0.05) is 31.9 Å². The van der Waals surface area contributed by atoms with E-state index in [4.69, 9.17) is 0 Å². The minimum absolute atomic E-state index is 0.679. The van der Waals surface area contributed by atoms with Crippen molar-refractivity contribution in [1.82, 2.24) is 4.90 Å². The first-order valence-corrected chi connectivity index (χ1v) is 11.5. The molecular weight excluding hydrogens is 356 g/mol. The Balaban J connectivity index is 1.28. The molecule has 3 nitrogen and oxygen atoms in total. The van der Waals surface area contributed by atoms with E-state index in [1.165, 1.54) is 43.6 Å². The normalized spacial score (nSPS) is 19.3. The second-order valence-corrected chi connectivity index (χ2v) is 8.99. The summed E-state index contributed by atoms with van der Waals surface area (Å²) in [7, 11) is 0. The van der Waals surface area contributed by atoms with Crippen molar-refractivity contribution in [1.29, 1.82) is 0 Å². The summed E-state index contributed by atoms with van der Waals surface area (Å²) in [5.41, 5.74) is 3.09. The fourth-order valence-corrected chi connectivity index (χ4v) is 4.75. The summed E-state index contributed by atoms with van der Waals surface area (Å²) in [6, 6.07) is 19.3. The lowest BCUT2D eigenvalue weighted by Gasteiger charge is -2.39. The number of anilines is 1. The van der Waals surface area contributed by atoms with Crippen LogP contribution >= 0.6 is 0 Å². The predicted molar refractivity (Wildman–Crippen MR) is 121 cm³/mol. The number of hydrogen-bond acceptors (Lipinski definition) is 3. The van der Waals surface area contributed by atoms with Crippen LogP contribution in [0.4, 0.5) is 5.69 Å². The first-order valence-electron chi connectivity index (χ1n) is 11.5. The Morgan fingerprint density at radius 2 is 1.69 bits per heavy atom. The molecular formula is C26H36N2O. The molecule has 4 rings (SSSR count). The average Bonchev–Trinajstić information content (AvgIpc) is 2.74. The van der Waals surface area contributed by atoms with Crippen LogP contribution in [0.2, 0.25) is 0 Å². The van der Waals surface area contributed by atoms with Gasteiger partial charge < -0.3 is 14.9 Å². The second-order valence-electron chi connectivity index (χ2n) is 8.99. The van der Waals surface area contributed by atoms with Crippen molar-refractivity contribution in [2.24, 2.45) is 5.92 Å². The highest BCUT2D eigenvalue weighted by atomic mass is 16.3. The van der Waals surface area contributed by atoms with Crippen molar-refractivity contribution in [2.45, 2.75) is 51.0 Å². The van der Waals surface area contributed by atoms with E-state index in [1.54, 1.807) is 0 Å². The van der Waals surface area contributed by atoms with Crippen LogP contribution in [0, 0.1) is 5.92 Å². The summed E-state index contributed by atoms with van der Waals surface area (Å²) < 4.78 is 0. The van der Waals surface area contributed by atoms with Crippen molar-refractivity contribution in [3.8, 4) is 0 Å². The van der Waals surface area contributed by atoms with Crippen LogP contribution in [-0.4, -0.2) is 42.7 Å². The minimum atomic E-state index is -0.679. The molecule has 0 atom stereocenters. The molecule has 1 aliphatic heterocycles. The smallest absolute Gasteiger partial charge is 0.0930 e. The molecule has 1 heterocycles. The number of aliphatic hydroxyl groups is 1. The summed E-state index contributed by atoms with van der Waals surface area (Å²) in [6.45, 7) is 7.69. The molecule has 1 saturated heterocycles. The van der Waals surface area contributed by atoms with E-state index >= 15 is 0 Å². The number of rotatable bonds is 8. The van der Waals surface area contributed by atoms with Gasteiger partial charge in [0.05, 0.1) is 5.60 Å². The highest BCUT2D eigenvalue weighted by Crippen LogP contribution is 2.34. The van der Waals surface area contributed by atoms with Crippen LogP contribution in [0.5, 0.6) is 0 Å². The van der Waals surface area contributed by atoms with Gasteiger partial charge in [-0.25, -0.2) is 0 Å². The predicted octanol–water partition coefficient (Wildman–Crippen LogP) is 4.84. The van der Waals surface area contributed by atoms with Crippen molar-refractivity contribution in [3.63, 3.8) is 0 Å². The maximum absolute atomic E-state index is 11.0. The van der Waals surface area contributed by atoms with Crippen molar-refractivity contribution in [2.75, 3.05) is 37.6 Å². The number of benzene rings is 2. The maximum atomic E-state index is 11.0. The van der Waals surface area contributed by atoms with Crippen molar-refractivity contribution >= 4 is 5.69 Å². The van der Waals surface area contributed by atoms with Crippen LogP contribution in [0.1, 0.15) is 50.2 Å². The number of nitrogens with zero attached hydrogens (tertiary/aromatic N) is 2. The highest BCUT2D eigenvalue weighted by molar-refractivity contribution is 5.48. The molecule has 156 valence electrons. The Labute approximate surface area is 176 Å². The van der Waals surface area contributed by atoms with Gasteiger partial charge in [0.2, 0.25) is 0 Å². The summed E-state index contributed by atoms with van der Waals surface area (Å²) in [5.74, 6) is 0.950. The van der Waals surface area contributed by atoms with E-state index in [9.17, 15) is 5.11 Å². The van der Waals surface area contributed by atoms with E-state index in [2.05, 4.69) is 53.1 Å². The molecule has 2 fully saturated rings. The molecule has 0 amide bonds. The first-order chi connectivity index (χ1) is 14.2. The molecule has 0 radical (unpaired) electrons. The first kappa shape index (κ1) is 20.4. The van der Waals surface area contributed by atoms with Gasteiger partial charge in [0.15, 0.2) is 0 Å². The van der Waals surface area contributed by atoms with Gasteiger partial charge >= 0.3 is 0 Å². The van der Waals surface area contributed by atoms with Gasteiger partial charge in [-0.3, -0.25) is 0 Å². The quantitative estimate of drug-likeness (QED) is 0.696. The lowest BCUT2D eigenvalue weighted by molar-refractivity contribution is 0.0118. The molecule has 0 spiro atoms. The largest absolute Gasteiger partial charge is 0.385 e. The number of hydrogen-bond donors (Lipinski definition) is 1. The maximum Gasteiger partial charge on any atom is 0.0930 e. The lowest BCUT2D eigenvalue weighted by atomic mass is 9.84. The summed E-state index contributed by atoms with van der Waals surface area (Å²) >= 11 is 0. The van der Waals surface area contributed by atoms with Gasteiger partial charge in [0.25, 0.3) is 0 Å². The monoisotopic (exact) mass is 392 g/mol. The Hall–Kier alpha value is -1.84. The third-order valence-electron chi connectivity index (χ3n) is 7.11. The summed E-state index contributed by atoms with van der Waals surface area (Å²) in [6.07, 6.45) is 7.00. The number of likely N-dealkylation sites (N-methyl/N-ethyl adjacent to an activating group) is 1. The third kappa shape index (κ3) is 5.02. The van der Waals surface area contributed by atoms with Gasteiger partial charge in [-0.15, -0.1) is 0 Å². The number of piperidine rings is 1. The second kappa shape index (κ2) is 9.32. The summed E-state index contributed by atoms with van der Waals surface area (Å²) in [4.78, 5) is 5.03. The molecule has 0 bridgehead atoms. The van der Waals surface area contributed by atoms with Crippen LogP contribution in [0.25, 0.3) is 0 Å². The zero-order chi connectivity index (χ0) is 20.1. The van der Waals surface area contributed by atoms with Gasteiger partial charge in [-0.05, 0) is 67.8 Å². The fraction of sp³-hybridized carbons (Fsp3) is 0.538. The van der Waals surface area contributed by atoms with Crippen LogP contribution in [0.3, 0.4) is 0 Å². The lowest BCUT2D eigenvalue weighted by Crippen LogP contribution is -2.42. The molecule has 2 aliphatic rings. The van der Waals surface area contributed by atoms with E-state index in [0.717, 1.165) is 50.4 Å². The molecule has 1 aliphatic carbocycles.